The molecule has 3 heterocycles. The van der Waals surface area contributed by atoms with Crippen molar-refractivity contribution in [3.05, 3.63) is 36.0 Å². The maximum Gasteiger partial charge on any atom is 0.251 e. The third kappa shape index (κ3) is 3.61. The second-order valence-corrected chi connectivity index (χ2v) is 7.43. The molecule has 2 aliphatic rings. The van der Waals surface area contributed by atoms with Crippen molar-refractivity contribution in [1.29, 1.82) is 0 Å². The van der Waals surface area contributed by atoms with Crippen molar-refractivity contribution in [3.63, 3.8) is 0 Å². The van der Waals surface area contributed by atoms with Gasteiger partial charge in [-0.25, -0.2) is 4.39 Å². The lowest BCUT2D eigenvalue weighted by Gasteiger charge is -2.38. The Morgan fingerprint density at radius 3 is 2.96 bits per heavy atom. The zero-order valence-electron chi connectivity index (χ0n) is 15.6. The summed E-state index contributed by atoms with van der Waals surface area (Å²) in [4.78, 5) is 19.3. The van der Waals surface area contributed by atoms with Gasteiger partial charge in [-0.05, 0) is 37.6 Å². The SMILES string of the molecule is Cc1ccc(N2C[C@@H](C)O[C@@H](C(=O)N[C@@H]3CNC[C@@H]3F)C2)c2cccnc12. The van der Waals surface area contributed by atoms with Crippen LogP contribution < -0.4 is 15.5 Å². The second-order valence-electron chi connectivity index (χ2n) is 7.43. The summed E-state index contributed by atoms with van der Waals surface area (Å²) in [5.74, 6) is -0.252. The summed E-state index contributed by atoms with van der Waals surface area (Å²) >= 11 is 0. The van der Waals surface area contributed by atoms with E-state index >= 15 is 0 Å². The minimum Gasteiger partial charge on any atom is -0.365 e. The van der Waals surface area contributed by atoms with E-state index in [4.69, 9.17) is 4.74 Å². The molecule has 0 bridgehead atoms. The average Bonchev–Trinajstić information content (AvgIpc) is 3.06. The van der Waals surface area contributed by atoms with Gasteiger partial charge in [0.2, 0.25) is 0 Å². The molecule has 27 heavy (non-hydrogen) atoms. The molecule has 0 radical (unpaired) electrons. The minimum absolute atomic E-state index is 0.106. The number of morpholine rings is 1. The number of anilines is 1. The maximum absolute atomic E-state index is 13.8. The highest BCUT2D eigenvalue weighted by Gasteiger charge is 2.35. The number of alkyl halides is 1. The number of nitrogens with zero attached hydrogens (tertiary/aromatic N) is 2. The van der Waals surface area contributed by atoms with Gasteiger partial charge in [0.1, 0.15) is 6.17 Å². The molecule has 2 aliphatic heterocycles. The van der Waals surface area contributed by atoms with Crippen LogP contribution >= 0.6 is 0 Å². The number of amides is 1. The topological polar surface area (TPSA) is 66.5 Å². The number of nitrogens with one attached hydrogen (secondary N) is 2. The molecule has 1 amide bonds. The Balaban J connectivity index is 1.56. The lowest BCUT2D eigenvalue weighted by Crippen LogP contribution is -2.55. The number of aryl methyl sites for hydroxylation is 1. The Hall–Kier alpha value is -2.25. The number of hydrogen-bond donors (Lipinski definition) is 2. The van der Waals surface area contributed by atoms with E-state index in [1.54, 1.807) is 6.20 Å². The fourth-order valence-corrected chi connectivity index (χ4v) is 3.93. The summed E-state index contributed by atoms with van der Waals surface area (Å²) in [6, 6.07) is 7.62. The summed E-state index contributed by atoms with van der Waals surface area (Å²) < 4.78 is 19.7. The summed E-state index contributed by atoms with van der Waals surface area (Å²) in [7, 11) is 0. The minimum atomic E-state index is -1.06. The van der Waals surface area contributed by atoms with Crippen LogP contribution in [0.2, 0.25) is 0 Å². The Bertz CT molecular complexity index is 846. The van der Waals surface area contributed by atoms with E-state index < -0.39 is 18.3 Å². The molecular weight excluding hydrogens is 347 g/mol. The first kappa shape index (κ1) is 18.1. The standard InChI is InChI=1S/C20H25FN4O2/c1-12-5-6-17(14-4-3-7-23-19(12)14)25-10-13(2)27-18(11-25)20(26)24-16-9-22-8-15(16)21/h3-7,13,15-16,18,22H,8-11H2,1-2H3,(H,24,26)/t13-,15+,16-,18-/m1/s1. The van der Waals surface area contributed by atoms with Crippen LogP contribution in [0.15, 0.2) is 30.5 Å². The van der Waals surface area contributed by atoms with Gasteiger partial charge in [0.25, 0.3) is 5.91 Å². The smallest absolute Gasteiger partial charge is 0.251 e. The van der Waals surface area contributed by atoms with E-state index in [1.165, 1.54) is 0 Å². The summed E-state index contributed by atoms with van der Waals surface area (Å²) in [5.41, 5.74) is 3.13. The number of hydrogen-bond acceptors (Lipinski definition) is 5. The molecule has 0 unspecified atom stereocenters. The van der Waals surface area contributed by atoms with Crippen molar-refractivity contribution in [2.45, 2.75) is 38.3 Å². The Morgan fingerprint density at radius 2 is 2.19 bits per heavy atom. The van der Waals surface area contributed by atoms with Crippen molar-refractivity contribution in [1.82, 2.24) is 15.6 Å². The lowest BCUT2D eigenvalue weighted by molar-refractivity contribution is -0.138. The number of pyridine rings is 1. The number of fused-ring (bicyclic) bond motifs is 1. The molecule has 0 spiro atoms. The fourth-order valence-electron chi connectivity index (χ4n) is 3.93. The number of ether oxygens (including phenoxy) is 1. The van der Waals surface area contributed by atoms with Crippen LogP contribution in [0, 0.1) is 6.92 Å². The van der Waals surface area contributed by atoms with Gasteiger partial charge >= 0.3 is 0 Å². The van der Waals surface area contributed by atoms with Gasteiger partial charge in [0, 0.05) is 36.9 Å². The number of benzene rings is 1. The van der Waals surface area contributed by atoms with Crippen molar-refractivity contribution >= 4 is 22.5 Å². The number of carbonyl (C=O) groups excluding carboxylic acids is 1. The molecule has 2 fully saturated rings. The van der Waals surface area contributed by atoms with Crippen LogP contribution in [-0.2, 0) is 9.53 Å². The summed E-state index contributed by atoms with van der Waals surface area (Å²) in [6.07, 6.45) is -0.00139. The first-order chi connectivity index (χ1) is 13.0. The molecule has 1 aromatic heterocycles. The zero-order chi connectivity index (χ0) is 19.0. The summed E-state index contributed by atoms with van der Waals surface area (Å²) in [5, 5.41) is 6.81. The number of aromatic nitrogens is 1. The molecule has 2 N–H and O–H groups in total. The average molecular weight is 372 g/mol. The molecule has 6 nitrogen and oxygen atoms in total. The zero-order valence-corrected chi connectivity index (χ0v) is 15.6. The molecule has 7 heteroatoms. The van der Waals surface area contributed by atoms with Crippen molar-refractivity contribution in [2.24, 2.45) is 0 Å². The van der Waals surface area contributed by atoms with Crippen molar-refractivity contribution < 1.29 is 13.9 Å². The van der Waals surface area contributed by atoms with Crippen LogP contribution in [0.1, 0.15) is 12.5 Å². The van der Waals surface area contributed by atoms with Gasteiger partial charge in [-0.3, -0.25) is 9.78 Å². The van der Waals surface area contributed by atoms with Gasteiger partial charge < -0.3 is 20.3 Å². The van der Waals surface area contributed by atoms with Crippen LogP contribution in [0.3, 0.4) is 0 Å². The molecule has 1 aromatic carbocycles. The molecule has 2 saturated heterocycles. The molecule has 4 rings (SSSR count). The number of carbonyl (C=O) groups is 1. The Labute approximate surface area is 158 Å². The first-order valence-corrected chi connectivity index (χ1v) is 9.43. The van der Waals surface area contributed by atoms with E-state index in [9.17, 15) is 9.18 Å². The quantitative estimate of drug-likeness (QED) is 0.856. The molecule has 0 saturated carbocycles. The number of rotatable bonds is 3. The summed E-state index contributed by atoms with van der Waals surface area (Å²) in [6.45, 7) is 5.85. The molecule has 4 atom stereocenters. The van der Waals surface area contributed by atoms with E-state index in [0.29, 0.717) is 19.6 Å². The lowest BCUT2D eigenvalue weighted by atomic mass is 10.1. The van der Waals surface area contributed by atoms with Crippen molar-refractivity contribution in [3.8, 4) is 0 Å². The van der Waals surface area contributed by atoms with E-state index in [1.807, 2.05) is 19.9 Å². The van der Waals surface area contributed by atoms with Gasteiger partial charge in [-0.15, -0.1) is 0 Å². The van der Waals surface area contributed by atoms with Gasteiger partial charge in [-0.1, -0.05) is 6.07 Å². The third-order valence-corrected chi connectivity index (χ3v) is 5.31. The van der Waals surface area contributed by atoms with Gasteiger partial charge in [0.15, 0.2) is 6.10 Å². The van der Waals surface area contributed by atoms with Gasteiger partial charge in [0.05, 0.1) is 24.2 Å². The highest BCUT2D eigenvalue weighted by Crippen LogP contribution is 2.30. The maximum atomic E-state index is 13.8. The van der Waals surface area contributed by atoms with Crippen LogP contribution in [-0.4, -0.2) is 61.5 Å². The molecule has 144 valence electrons. The highest BCUT2D eigenvalue weighted by atomic mass is 19.1. The third-order valence-electron chi connectivity index (χ3n) is 5.31. The monoisotopic (exact) mass is 372 g/mol. The van der Waals surface area contributed by atoms with Crippen LogP contribution in [0.4, 0.5) is 10.1 Å². The Morgan fingerprint density at radius 1 is 1.33 bits per heavy atom. The highest BCUT2D eigenvalue weighted by molar-refractivity contribution is 5.94. The largest absolute Gasteiger partial charge is 0.365 e. The first-order valence-electron chi connectivity index (χ1n) is 9.43. The molecule has 0 aliphatic carbocycles. The second kappa shape index (κ2) is 7.40. The van der Waals surface area contributed by atoms with Gasteiger partial charge in [-0.2, -0.15) is 0 Å². The molecule has 2 aromatic rings. The van der Waals surface area contributed by atoms with E-state index in [2.05, 4.69) is 38.7 Å². The van der Waals surface area contributed by atoms with Crippen LogP contribution in [0.5, 0.6) is 0 Å². The van der Waals surface area contributed by atoms with E-state index in [-0.39, 0.29) is 18.6 Å². The normalized spacial score (nSPS) is 28.5. The predicted molar refractivity (Wildman–Crippen MR) is 103 cm³/mol. The Kier molecular flexibility index (Phi) is 4.97. The van der Waals surface area contributed by atoms with Crippen LogP contribution in [0.25, 0.3) is 10.9 Å². The molecular formula is C20H25FN4O2. The van der Waals surface area contributed by atoms with E-state index in [0.717, 1.165) is 22.2 Å². The number of halogens is 1. The predicted octanol–water partition coefficient (Wildman–Crippen LogP) is 1.56. The fraction of sp³-hybridized carbons (Fsp3) is 0.500. The van der Waals surface area contributed by atoms with Crippen molar-refractivity contribution in [2.75, 3.05) is 31.1 Å².